The number of carbonyl (C=O) groups excluding carboxylic acids is 3. The van der Waals surface area contributed by atoms with E-state index in [1.807, 2.05) is 18.2 Å². The number of rotatable bonds is 9. The van der Waals surface area contributed by atoms with E-state index in [0.717, 1.165) is 27.9 Å². The predicted octanol–water partition coefficient (Wildman–Crippen LogP) is 3.73. The van der Waals surface area contributed by atoms with Crippen LogP contribution >= 0.6 is 11.3 Å². The van der Waals surface area contributed by atoms with Gasteiger partial charge in [-0.25, -0.2) is 9.18 Å². The molecule has 1 aliphatic rings. The lowest BCUT2D eigenvalue weighted by Crippen LogP contribution is -2.65. The van der Waals surface area contributed by atoms with Gasteiger partial charge in [0.2, 0.25) is 6.35 Å². The minimum Gasteiger partial charge on any atom is -0.496 e. The second-order valence-electron chi connectivity index (χ2n) is 10.1. The summed E-state index contributed by atoms with van der Waals surface area (Å²) in [6.07, 6.45) is 1.19. The number of nitrogens with zero attached hydrogens (tertiary/aromatic N) is 5. The Balaban J connectivity index is 1.55. The second kappa shape index (κ2) is 11.3. The van der Waals surface area contributed by atoms with Crippen LogP contribution in [-0.4, -0.2) is 68.2 Å². The largest absolute Gasteiger partial charge is 0.496 e. The van der Waals surface area contributed by atoms with Crippen molar-refractivity contribution in [2.75, 3.05) is 18.6 Å². The van der Waals surface area contributed by atoms with Gasteiger partial charge in [0.15, 0.2) is 5.78 Å². The molecule has 13 heteroatoms. The van der Waals surface area contributed by atoms with E-state index in [1.54, 1.807) is 19.1 Å². The first kappa shape index (κ1) is 28.9. The Labute approximate surface area is 244 Å². The van der Waals surface area contributed by atoms with Gasteiger partial charge in [0.05, 0.1) is 37.2 Å². The van der Waals surface area contributed by atoms with Crippen LogP contribution in [0.5, 0.6) is 5.75 Å². The summed E-state index contributed by atoms with van der Waals surface area (Å²) in [6.45, 7) is 4.09. The lowest BCUT2D eigenvalue weighted by molar-refractivity contribution is -0.162. The molecule has 11 nitrogen and oxygen atoms in total. The molecule has 0 radical (unpaired) electrons. The smallest absolute Gasteiger partial charge is 0.332 e. The summed E-state index contributed by atoms with van der Waals surface area (Å²) in [6, 6.07) is 12.6. The van der Waals surface area contributed by atoms with Crippen molar-refractivity contribution in [1.29, 1.82) is 0 Å². The Bertz CT molecular complexity index is 1640. The van der Waals surface area contributed by atoms with Crippen LogP contribution in [0.1, 0.15) is 45.7 Å². The fraction of sp³-hybridized carbons (Fsp3) is 0.276. The monoisotopic (exact) mass is 593 g/mol. The molecule has 0 saturated heterocycles. The van der Waals surface area contributed by atoms with Crippen LogP contribution in [0.2, 0.25) is 0 Å². The summed E-state index contributed by atoms with van der Waals surface area (Å²) in [5.74, 6) is -2.48. The van der Waals surface area contributed by atoms with Gasteiger partial charge in [0.1, 0.15) is 33.7 Å². The molecule has 218 valence electrons. The predicted molar refractivity (Wildman–Crippen MR) is 151 cm³/mol. The average molecular weight is 594 g/mol. The van der Waals surface area contributed by atoms with Crippen molar-refractivity contribution in [2.45, 2.75) is 39.3 Å². The summed E-state index contributed by atoms with van der Waals surface area (Å²) in [7, 11) is 1.35. The molecule has 0 fully saturated rings. The molecular weight excluding hydrogens is 565 g/mol. The third-order valence-corrected chi connectivity index (χ3v) is 8.29. The lowest BCUT2D eigenvalue weighted by atomic mass is 9.98. The Morgan fingerprint density at radius 2 is 1.79 bits per heavy atom. The zero-order chi connectivity index (χ0) is 30.2. The van der Waals surface area contributed by atoms with Crippen LogP contribution < -0.4 is 9.64 Å². The highest BCUT2D eigenvalue weighted by atomic mass is 32.1. The number of hydrogen-bond donors (Lipinski definition) is 1. The molecule has 1 unspecified atom stereocenters. The molecule has 1 amide bonds. The van der Waals surface area contributed by atoms with E-state index in [9.17, 15) is 23.9 Å². The third-order valence-electron chi connectivity index (χ3n) is 7.00. The molecule has 2 aromatic carbocycles. The summed E-state index contributed by atoms with van der Waals surface area (Å²) in [4.78, 5) is 44.6. The maximum absolute atomic E-state index is 14.1. The van der Waals surface area contributed by atoms with Gasteiger partial charge in [-0.1, -0.05) is 41.7 Å². The van der Waals surface area contributed by atoms with Crippen LogP contribution in [0, 0.1) is 12.7 Å². The van der Waals surface area contributed by atoms with Gasteiger partial charge in [-0.2, -0.15) is 10.2 Å². The SMILES string of the molecule is COc1ccc(F)cc1C(=O)CN1c2sc(-n3nccn3)c(C)c2C(=O)N(C(C)(C)C(=O)OCc2ccccc2)C1O. The lowest BCUT2D eigenvalue weighted by Gasteiger charge is -2.46. The van der Waals surface area contributed by atoms with E-state index in [0.29, 0.717) is 10.6 Å². The highest BCUT2D eigenvalue weighted by Crippen LogP contribution is 2.44. The molecule has 0 aliphatic carbocycles. The second-order valence-corrected chi connectivity index (χ2v) is 11.0. The van der Waals surface area contributed by atoms with Gasteiger partial charge in [0.25, 0.3) is 5.91 Å². The number of ketones is 1. The quantitative estimate of drug-likeness (QED) is 0.228. The number of Topliss-reactive ketones (excluding diaryl/α,β-unsaturated/α-hetero) is 1. The number of halogens is 1. The molecule has 0 spiro atoms. The van der Waals surface area contributed by atoms with Crippen LogP contribution in [-0.2, 0) is 16.1 Å². The van der Waals surface area contributed by atoms with Gasteiger partial charge >= 0.3 is 5.97 Å². The minimum atomic E-state index is -1.76. The van der Waals surface area contributed by atoms with E-state index in [1.165, 1.54) is 55.2 Å². The molecule has 5 rings (SSSR count). The van der Waals surface area contributed by atoms with Crippen molar-refractivity contribution in [3.05, 3.63) is 89.0 Å². The van der Waals surface area contributed by atoms with Gasteiger partial charge in [-0.3, -0.25) is 14.5 Å². The van der Waals surface area contributed by atoms with Crippen LogP contribution in [0.25, 0.3) is 5.00 Å². The fourth-order valence-corrected chi connectivity index (χ4v) is 5.99. The molecule has 0 bridgehead atoms. The Hall–Kier alpha value is -4.62. The first-order chi connectivity index (χ1) is 20.0. The summed E-state index contributed by atoms with van der Waals surface area (Å²) in [5, 5.41) is 20.7. The molecule has 1 atom stereocenters. The Morgan fingerprint density at radius 1 is 1.10 bits per heavy atom. The number of methoxy groups -OCH3 is 1. The number of carbonyl (C=O) groups is 3. The molecular formula is C29H28FN5O6S. The number of aliphatic hydroxyl groups is 1. The summed E-state index contributed by atoms with van der Waals surface area (Å²) < 4.78 is 24.9. The molecule has 1 aliphatic heterocycles. The zero-order valence-electron chi connectivity index (χ0n) is 23.3. The highest BCUT2D eigenvalue weighted by Gasteiger charge is 2.50. The fourth-order valence-electron chi connectivity index (χ4n) is 4.75. The number of hydrogen-bond acceptors (Lipinski definition) is 10. The van der Waals surface area contributed by atoms with Crippen molar-refractivity contribution in [1.82, 2.24) is 19.9 Å². The minimum absolute atomic E-state index is 0.0410. The van der Waals surface area contributed by atoms with E-state index >= 15 is 0 Å². The van der Waals surface area contributed by atoms with Crippen LogP contribution in [0.15, 0.2) is 60.9 Å². The number of anilines is 1. The number of amides is 1. The number of aliphatic hydroxyl groups excluding tert-OH is 1. The molecule has 0 saturated carbocycles. The molecule has 2 aromatic heterocycles. The van der Waals surface area contributed by atoms with Gasteiger partial charge in [-0.05, 0) is 44.5 Å². The maximum Gasteiger partial charge on any atom is 0.332 e. The van der Waals surface area contributed by atoms with Gasteiger partial charge < -0.3 is 19.5 Å². The normalized spacial score (nSPS) is 15.0. The van der Waals surface area contributed by atoms with E-state index in [2.05, 4.69) is 10.2 Å². The summed E-state index contributed by atoms with van der Waals surface area (Å²) in [5.41, 5.74) is -0.309. The van der Waals surface area contributed by atoms with E-state index in [-0.39, 0.29) is 28.5 Å². The molecule has 3 heterocycles. The first-order valence-electron chi connectivity index (χ1n) is 12.9. The van der Waals surface area contributed by atoms with Crippen molar-refractivity contribution >= 4 is 34.0 Å². The zero-order valence-corrected chi connectivity index (χ0v) is 24.1. The summed E-state index contributed by atoms with van der Waals surface area (Å²) >= 11 is 1.10. The maximum atomic E-state index is 14.1. The average Bonchev–Trinajstić information content (AvgIpc) is 3.62. The number of benzene rings is 2. The van der Waals surface area contributed by atoms with Crippen molar-refractivity contribution in [3.8, 4) is 10.8 Å². The Morgan fingerprint density at radius 3 is 2.45 bits per heavy atom. The Kier molecular flexibility index (Phi) is 7.80. The van der Waals surface area contributed by atoms with Crippen molar-refractivity contribution < 1.29 is 33.4 Å². The number of ether oxygens (including phenoxy) is 2. The molecule has 42 heavy (non-hydrogen) atoms. The standard InChI is InChI=1S/C29H28FN5O6S/c1-17-23-24(37)34(29(2,3)27(38)41-16-18-8-6-5-7-9-18)28(39)33(26(23)42-25(17)35-31-12-13-32-35)15-21(36)20-14-19(30)10-11-22(20)40-4/h5-14,28,39H,15-16H2,1-4H3. The van der Waals surface area contributed by atoms with Crippen molar-refractivity contribution in [2.24, 2.45) is 0 Å². The number of aromatic nitrogens is 3. The number of fused-ring (bicyclic) bond motifs is 1. The van der Waals surface area contributed by atoms with Gasteiger partial charge in [0, 0.05) is 5.56 Å². The molecule has 1 N–H and O–H groups in total. The molecule has 4 aromatic rings. The van der Waals surface area contributed by atoms with Crippen LogP contribution in [0.4, 0.5) is 9.39 Å². The van der Waals surface area contributed by atoms with E-state index < -0.39 is 41.9 Å². The topological polar surface area (TPSA) is 127 Å². The number of esters is 1. The van der Waals surface area contributed by atoms with Crippen LogP contribution in [0.3, 0.4) is 0 Å². The van der Waals surface area contributed by atoms with E-state index in [4.69, 9.17) is 9.47 Å². The van der Waals surface area contributed by atoms with Gasteiger partial charge in [-0.15, -0.1) is 4.80 Å². The highest BCUT2D eigenvalue weighted by molar-refractivity contribution is 7.19. The third kappa shape index (κ3) is 5.12. The van der Waals surface area contributed by atoms with Crippen molar-refractivity contribution in [3.63, 3.8) is 0 Å². The first-order valence-corrected chi connectivity index (χ1v) is 13.7. The number of thiophene rings is 1.